The van der Waals surface area contributed by atoms with Crippen LogP contribution in [0.15, 0.2) is 9.70 Å². The Labute approximate surface area is 110 Å². The fraction of sp³-hybridized carbons (Fsp3) is 0.769. The molecule has 0 heterocycles. The fourth-order valence-electron chi connectivity index (χ4n) is 1.08. The second kappa shape index (κ2) is 8.14. The van der Waals surface area contributed by atoms with Gasteiger partial charge in [0.15, 0.2) is 0 Å². The molecule has 0 atom stereocenters. The van der Waals surface area contributed by atoms with E-state index in [0.29, 0.717) is 6.61 Å². The molecule has 0 aliphatic rings. The third kappa shape index (κ3) is 8.19. The molecule has 0 amide bonds. The molecule has 0 unspecified atom stereocenters. The first-order valence-electron chi connectivity index (χ1n) is 5.93. The van der Waals surface area contributed by atoms with Gasteiger partial charge >= 0.3 is 110 Å². The molecule has 0 N–H and O–H groups in total. The van der Waals surface area contributed by atoms with Gasteiger partial charge in [0.2, 0.25) is 0 Å². The molecule has 0 radical (unpaired) electrons. The molecule has 0 aliphatic heterocycles. The van der Waals surface area contributed by atoms with Gasteiger partial charge in [-0.3, -0.25) is 0 Å². The van der Waals surface area contributed by atoms with Crippen molar-refractivity contribution >= 4 is 26.9 Å². The monoisotopic (exact) mass is 342 g/mol. The molecule has 3 heteroatoms. The molecular weight excluding hydrogens is 316 g/mol. The van der Waals surface area contributed by atoms with Crippen molar-refractivity contribution in [3.63, 3.8) is 0 Å². The van der Waals surface area contributed by atoms with Gasteiger partial charge in [-0.2, -0.15) is 0 Å². The minimum atomic E-state index is -0.365. The first-order valence-corrected chi connectivity index (χ1v) is 8.74. The summed E-state index contributed by atoms with van der Waals surface area (Å²) in [6, 6.07) is 0. The molecule has 94 valence electrons. The maximum absolute atomic E-state index is 11.8. The molecule has 0 saturated heterocycles. The summed E-state index contributed by atoms with van der Waals surface area (Å²) in [5, 5.41) is 0. The van der Waals surface area contributed by atoms with Crippen LogP contribution < -0.4 is 0 Å². The Kier molecular flexibility index (Phi) is 8.14. The van der Waals surface area contributed by atoms with Crippen LogP contribution in [-0.2, 0) is 9.53 Å². The van der Waals surface area contributed by atoms with Crippen molar-refractivity contribution in [2.24, 2.45) is 5.41 Å². The van der Waals surface area contributed by atoms with Gasteiger partial charge in [0.05, 0.1) is 0 Å². The van der Waals surface area contributed by atoms with Crippen molar-refractivity contribution in [1.29, 1.82) is 0 Å². The molecule has 0 rings (SSSR count). The van der Waals surface area contributed by atoms with Crippen molar-refractivity contribution < 1.29 is 9.53 Å². The van der Waals surface area contributed by atoms with Gasteiger partial charge < -0.3 is 0 Å². The van der Waals surface area contributed by atoms with Gasteiger partial charge in [0.1, 0.15) is 0 Å². The van der Waals surface area contributed by atoms with E-state index < -0.39 is 0 Å². The van der Waals surface area contributed by atoms with E-state index in [-0.39, 0.29) is 32.3 Å². The topological polar surface area (TPSA) is 26.3 Å². The molecule has 0 fully saturated rings. The van der Waals surface area contributed by atoms with Crippen LogP contribution in [-0.4, -0.2) is 33.5 Å². The zero-order chi connectivity index (χ0) is 12.6. The van der Waals surface area contributed by atoms with Gasteiger partial charge in [-0.05, 0) is 0 Å². The summed E-state index contributed by atoms with van der Waals surface area (Å²) in [5.74, 6) is -0.0871. The van der Waals surface area contributed by atoms with Gasteiger partial charge in [-0.1, -0.05) is 0 Å². The molecule has 0 saturated carbocycles. The van der Waals surface area contributed by atoms with Gasteiger partial charge in [0, 0.05) is 0 Å². The van der Waals surface area contributed by atoms with Gasteiger partial charge in [-0.15, -0.1) is 0 Å². The molecule has 2 nitrogen and oxygen atoms in total. The molecule has 0 bridgehead atoms. The number of esters is 1. The minimum absolute atomic E-state index is 0.0685. The van der Waals surface area contributed by atoms with E-state index in [2.05, 4.69) is 33.8 Å². The summed E-state index contributed by atoms with van der Waals surface area (Å²) in [4.78, 5) is 11.8. The molecular formula is C13H24O2Te. The van der Waals surface area contributed by atoms with E-state index in [1.165, 1.54) is 17.3 Å². The number of carbonyl (C=O) groups is 1. The number of unbranched alkanes of at least 4 members (excludes halogenated alkanes) is 1. The summed E-state index contributed by atoms with van der Waals surface area (Å²) in [6.07, 6.45) is 4.53. The standard InChI is InChI=1S/C13H24O2Te/c1-6-8-9-16-11(10-13(3,4)5)12(14)15-7-2/h10H,6-9H2,1-5H3/b11-10-. The average molecular weight is 340 g/mol. The summed E-state index contributed by atoms with van der Waals surface area (Å²) in [7, 11) is 0. The summed E-state index contributed by atoms with van der Waals surface area (Å²) in [5.41, 5.74) is 0.0685. The Morgan fingerprint density at radius 1 is 1.31 bits per heavy atom. The normalized spacial score (nSPS) is 12.7. The fourth-order valence-corrected chi connectivity index (χ4v) is 4.70. The predicted octanol–water partition coefficient (Wildman–Crippen LogP) is 3.40. The quantitative estimate of drug-likeness (QED) is 0.321. The zero-order valence-electron chi connectivity index (χ0n) is 11.1. The first-order chi connectivity index (χ1) is 7.40. The summed E-state index contributed by atoms with van der Waals surface area (Å²) >= 11 is -0.365. The van der Waals surface area contributed by atoms with Gasteiger partial charge in [0.25, 0.3) is 0 Å². The Morgan fingerprint density at radius 2 is 1.94 bits per heavy atom. The van der Waals surface area contributed by atoms with Crippen LogP contribution in [0.4, 0.5) is 0 Å². The summed E-state index contributed by atoms with van der Waals surface area (Å²) in [6.45, 7) is 10.9. The van der Waals surface area contributed by atoms with E-state index in [0.717, 1.165) is 3.62 Å². The molecule has 0 spiro atoms. The van der Waals surface area contributed by atoms with Crippen LogP contribution in [0.3, 0.4) is 0 Å². The van der Waals surface area contributed by atoms with Crippen LogP contribution in [0.1, 0.15) is 47.5 Å². The number of carbonyl (C=O) groups excluding carboxylic acids is 1. The van der Waals surface area contributed by atoms with Crippen LogP contribution in [0.25, 0.3) is 0 Å². The molecule has 0 aromatic heterocycles. The SMILES string of the molecule is CCCC[Te]/C(=C\C(C)(C)C)C(=O)OCC. The van der Waals surface area contributed by atoms with Crippen LogP contribution in [0.2, 0.25) is 4.47 Å². The predicted molar refractivity (Wildman–Crippen MR) is 69.6 cm³/mol. The Bertz CT molecular complexity index is 239. The second-order valence-electron chi connectivity index (χ2n) is 4.80. The Morgan fingerprint density at radius 3 is 2.38 bits per heavy atom. The number of hydrogen-bond donors (Lipinski definition) is 0. The van der Waals surface area contributed by atoms with Crippen LogP contribution >= 0.6 is 0 Å². The van der Waals surface area contributed by atoms with Crippen molar-refractivity contribution in [1.82, 2.24) is 0 Å². The Balaban J connectivity index is 4.51. The van der Waals surface area contributed by atoms with Crippen molar-refractivity contribution in [2.45, 2.75) is 51.9 Å². The van der Waals surface area contributed by atoms with E-state index in [4.69, 9.17) is 4.74 Å². The molecule has 0 aromatic rings. The second-order valence-corrected chi connectivity index (χ2v) is 8.04. The summed E-state index contributed by atoms with van der Waals surface area (Å²) < 4.78 is 7.27. The average Bonchev–Trinajstić information content (AvgIpc) is 2.15. The van der Waals surface area contributed by atoms with E-state index in [9.17, 15) is 4.79 Å². The maximum atomic E-state index is 11.8. The van der Waals surface area contributed by atoms with E-state index >= 15 is 0 Å². The van der Waals surface area contributed by atoms with Gasteiger partial charge in [-0.25, -0.2) is 0 Å². The third-order valence-corrected chi connectivity index (χ3v) is 4.90. The number of allylic oxidation sites excluding steroid dienone is 1. The number of ether oxygens (including phenoxy) is 1. The van der Waals surface area contributed by atoms with Crippen molar-refractivity contribution in [3.05, 3.63) is 9.70 Å². The van der Waals surface area contributed by atoms with E-state index in [1.807, 2.05) is 6.92 Å². The number of hydrogen-bond acceptors (Lipinski definition) is 2. The zero-order valence-corrected chi connectivity index (χ0v) is 13.5. The third-order valence-electron chi connectivity index (χ3n) is 1.80. The van der Waals surface area contributed by atoms with E-state index in [1.54, 1.807) is 0 Å². The molecule has 0 aliphatic carbocycles. The van der Waals surface area contributed by atoms with Crippen LogP contribution in [0.5, 0.6) is 0 Å². The van der Waals surface area contributed by atoms with Crippen molar-refractivity contribution in [2.75, 3.05) is 6.61 Å². The first kappa shape index (κ1) is 16.0. The van der Waals surface area contributed by atoms with Crippen LogP contribution in [0, 0.1) is 5.41 Å². The molecule has 0 aromatic carbocycles. The molecule has 16 heavy (non-hydrogen) atoms. The Hall–Kier alpha value is -0.000390. The number of rotatable bonds is 6. The van der Waals surface area contributed by atoms with Crippen molar-refractivity contribution in [3.8, 4) is 0 Å².